The summed E-state index contributed by atoms with van der Waals surface area (Å²) < 4.78 is 3.11. The Morgan fingerprint density at radius 3 is 2.40 bits per heavy atom. The van der Waals surface area contributed by atoms with E-state index in [0.29, 0.717) is 12.0 Å². The molecule has 1 unspecified atom stereocenters. The standard InChI is InChI=1S/C11H20BrN3/c1-7(2)9(13-4)6-10-11(12)8(3)14-15(10)5/h7,9,13H,6H2,1-5H3. The number of nitrogens with zero attached hydrogens (tertiary/aromatic N) is 2. The largest absolute Gasteiger partial charge is 0.316 e. The summed E-state index contributed by atoms with van der Waals surface area (Å²) in [5, 5.41) is 7.75. The van der Waals surface area contributed by atoms with Crippen LogP contribution in [0.2, 0.25) is 0 Å². The van der Waals surface area contributed by atoms with Gasteiger partial charge in [0.15, 0.2) is 0 Å². The Balaban J connectivity index is 2.88. The van der Waals surface area contributed by atoms with Gasteiger partial charge < -0.3 is 5.32 Å². The molecule has 1 N–H and O–H groups in total. The third-order valence-corrected chi connectivity index (χ3v) is 3.88. The average molecular weight is 274 g/mol. The van der Waals surface area contributed by atoms with Crippen molar-refractivity contribution in [2.24, 2.45) is 13.0 Å². The van der Waals surface area contributed by atoms with Gasteiger partial charge in [-0.1, -0.05) is 13.8 Å². The van der Waals surface area contributed by atoms with Crippen LogP contribution in [0.3, 0.4) is 0 Å². The Labute approximate surface area is 100 Å². The normalized spacial score (nSPS) is 13.5. The molecule has 1 aromatic heterocycles. The fraction of sp³-hybridized carbons (Fsp3) is 0.727. The molecule has 3 nitrogen and oxygen atoms in total. The highest BCUT2D eigenvalue weighted by atomic mass is 79.9. The van der Waals surface area contributed by atoms with Crippen molar-refractivity contribution in [1.82, 2.24) is 15.1 Å². The number of nitrogens with one attached hydrogen (secondary N) is 1. The summed E-state index contributed by atoms with van der Waals surface area (Å²) >= 11 is 3.60. The highest BCUT2D eigenvalue weighted by molar-refractivity contribution is 9.10. The number of hydrogen-bond donors (Lipinski definition) is 1. The molecule has 4 heteroatoms. The Hall–Kier alpha value is -0.350. The molecule has 0 bridgehead atoms. The fourth-order valence-electron chi connectivity index (χ4n) is 1.78. The van der Waals surface area contributed by atoms with Crippen molar-refractivity contribution >= 4 is 15.9 Å². The number of hydrogen-bond acceptors (Lipinski definition) is 2. The molecule has 15 heavy (non-hydrogen) atoms. The minimum absolute atomic E-state index is 0.496. The van der Waals surface area contributed by atoms with Gasteiger partial charge in [-0.25, -0.2) is 0 Å². The average Bonchev–Trinajstić information content (AvgIpc) is 2.39. The van der Waals surface area contributed by atoms with Gasteiger partial charge in [-0.3, -0.25) is 4.68 Å². The number of likely N-dealkylation sites (N-methyl/N-ethyl adjacent to an activating group) is 1. The van der Waals surface area contributed by atoms with Crippen LogP contribution < -0.4 is 5.32 Å². The van der Waals surface area contributed by atoms with Crippen LogP contribution in [0.15, 0.2) is 4.47 Å². The van der Waals surface area contributed by atoms with Gasteiger partial charge in [0.1, 0.15) is 0 Å². The van der Waals surface area contributed by atoms with E-state index < -0.39 is 0 Å². The quantitative estimate of drug-likeness (QED) is 0.912. The summed E-state index contributed by atoms with van der Waals surface area (Å²) in [6, 6.07) is 0.496. The number of aromatic nitrogens is 2. The van der Waals surface area contributed by atoms with Crippen LogP contribution in [-0.4, -0.2) is 22.9 Å². The van der Waals surface area contributed by atoms with Crippen LogP contribution in [0.5, 0.6) is 0 Å². The van der Waals surface area contributed by atoms with E-state index in [4.69, 9.17) is 0 Å². The topological polar surface area (TPSA) is 29.9 Å². The summed E-state index contributed by atoms with van der Waals surface area (Å²) in [5.74, 6) is 0.622. The van der Waals surface area contributed by atoms with Gasteiger partial charge in [-0.05, 0) is 35.8 Å². The van der Waals surface area contributed by atoms with E-state index in [1.807, 2.05) is 25.7 Å². The van der Waals surface area contributed by atoms with E-state index >= 15 is 0 Å². The molecule has 1 rings (SSSR count). The van der Waals surface area contributed by atoms with Gasteiger partial charge in [0.25, 0.3) is 0 Å². The minimum Gasteiger partial charge on any atom is -0.316 e. The zero-order valence-electron chi connectivity index (χ0n) is 10.1. The summed E-state index contributed by atoms with van der Waals surface area (Å²) in [5.41, 5.74) is 2.33. The monoisotopic (exact) mass is 273 g/mol. The zero-order valence-corrected chi connectivity index (χ0v) is 11.7. The molecule has 0 aliphatic rings. The maximum absolute atomic E-state index is 4.40. The molecule has 1 atom stereocenters. The Kier molecular flexibility index (Phi) is 4.34. The van der Waals surface area contributed by atoms with Crippen LogP contribution >= 0.6 is 15.9 Å². The lowest BCUT2D eigenvalue weighted by Crippen LogP contribution is -2.33. The molecule has 0 spiro atoms. The lowest BCUT2D eigenvalue weighted by Gasteiger charge is -2.20. The molecule has 1 heterocycles. The van der Waals surface area contributed by atoms with Gasteiger partial charge in [0.05, 0.1) is 15.9 Å². The molecule has 0 fully saturated rings. The zero-order chi connectivity index (χ0) is 11.6. The van der Waals surface area contributed by atoms with Gasteiger partial charge in [0, 0.05) is 19.5 Å². The molecule has 0 saturated carbocycles. The predicted molar refractivity (Wildman–Crippen MR) is 67.0 cm³/mol. The lowest BCUT2D eigenvalue weighted by molar-refractivity contribution is 0.415. The maximum Gasteiger partial charge on any atom is 0.0738 e. The van der Waals surface area contributed by atoms with Crippen molar-refractivity contribution in [2.75, 3.05) is 7.05 Å². The van der Waals surface area contributed by atoms with E-state index in [0.717, 1.165) is 16.6 Å². The van der Waals surface area contributed by atoms with Crippen LogP contribution in [0.1, 0.15) is 25.2 Å². The van der Waals surface area contributed by atoms with E-state index in [1.54, 1.807) is 0 Å². The van der Waals surface area contributed by atoms with Crippen LogP contribution in [-0.2, 0) is 13.5 Å². The Morgan fingerprint density at radius 1 is 1.47 bits per heavy atom. The van der Waals surface area contributed by atoms with Crippen molar-refractivity contribution in [2.45, 2.75) is 33.2 Å². The fourth-order valence-corrected chi connectivity index (χ4v) is 2.28. The Bertz CT molecular complexity index is 331. The van der Waals surface area contributed by atoms with Crippen molar-refractivity contribution in [3.8, 4) is 0 Å². The predicted octanol–water partition coefficient (Wildman–Crippen LogP) is 2.28. The summed E-state index contributed by atoms with van der Waals surface area (Å²) in [7, 11) is 4.02. The first-order valence-corrected chi connectivity index (χ1v) is 6.11. The molecular formula is C11H20BrN3. The third-order valence-electron chi connectivity index (χ3n) is 2.85. The van der Waals surface area contributed by atoms with Crippen molar-refractivity contribution in [3.63, 3.8) is 0 Å². The van der Waals surface area contributed by atoms with Crippen LogP contribution in [0, 0.1) is 12.8 Å². The first kappa shape index (κ1) is 12.7. The molecule has 0 aliphatic carbocycles. The second-order valence-electron chi connectivity index (χ2n) is 4.31. The molecule has 1 aromatic rings. The SMILES string of the molecule is CNC(Cc1c(Br)c(C)nn1C)C(C)C. The molecule has 0 radical (unpaired) electrons. The second-order valence-corrected chi connectivity index (χ2v) is 5.11. The number of aryl methyl sites for hydroxylation is 2. The summed E-state index contributed by atoms with van der Waals surface area (Å²) in [6.07, 6.45) is 1.01. The first-order chi connectivity index (χ1) is 6.97. The van der Waals surface area contributed by atoms with E-state index in [2.05, 4.69) is 40.2 Å². The third kappa shape index (κ3) is 2.82. The van der Waals surface area contributed by atoms with E-state index in [9.17, 15) is 0 Å². The minimum atomic E-state index is 0.496. The lowest BCUT2D eigenvalue weighted by atomic mass is 9.99. The van der Waals surface area contributed by atoms with Crippen molar-refractivity contribution in [3.05, 3.63) is 15.9 Å². The molecule has 0 aliphatic heterocycles. The van der Waals surface area contributed by atoms with Gasteiger partial charge in [0.2, 0.25) is 0 Å². The summed E-state index contributed by atoms with van der Waals surface area (Å²) in [6.45, 7) is 6.49. The molecular weight excluding hydrogens is 254 g/mol. The highest BCUT2D eigenvalue weighted by Crippen LogP contribution is 2.22. The smallest absolute Gasteiger partial charge is 0.0738 e. The molecule has 86 valence electrons. The van der Waals surface area contributed by atoms with Gasteiger partial charge in [-0.2, -0.15) is 5.10 Å². The van der Waals surface area contributed by atoms with E-state index in [1.165, 1.54) is 5.69 Å². The number of halogens is 1. The molecule has 0 saturated heterocycles. The maximum atomic E-state index is 4.40. The summed E-state index contributed by atoms with van der Waals surface area (Å²) in [4.78, 5) is 0. The van der Waals surface area contributed by atoms with Crippen molar-refractivity contribution in [1.29, 1.82) is 0 Å². The van der Waals surface area contributed by atoms with Crippen LogP contribution in [0.4, 0.5) is 0 Å². The van der Waals surface area contributed by atoms with Gasteiger partial charge >= 0.3 is 0 Å². The highest BCUT2D eigenvalue weighted by Gasteiger charge is 2.17. The van der Waals surface area contributed by atoms with Crippen molar-refractivity contribution < 1.29 is 0 Å². The van der Waals surface area contributed by atoms with Crippen LogP contribution in [0.25, 0.3) is 0 Å². The van der Waals surface area contributed by atoms with E-state index in [-0.39, 0.29) is 0 Å². The number of rotatable bonds is 4. The molecule has 0 amide bonds. The first-order valence-electron chi connectivity index (χ1n) is 5.32. The Morgan fingerprint density at radius 2 is 2.07 bits per heavy atom. The van der Waals surface area contributed by atoms with Gasteiger partial charge in [-0.15, -0.1) is 0 Å². The molecule has 0 aromatic carbocycles. The second kappa shape index (κ2) is 5.12.